The number of rotatable bonds is 4. The minimum atomic E-state index is 1.03. The van der Waals surface area contributed by atoms with Crippen LogP contribution in [0.1, 0.15) is 45.4 Å². The second-order valence-corrected chi connectivity index (χ2v) is 5.71. The molecule has 0 amide bonds. The Kier molecular flexibility index (Phi) is 5.11. The van der Waals surface area contributed by atoms with Crippen LogP contribution in [0.15, 0.2) is 0 Å². The molecule has 2 rings (SSSR count). The predicted molar refractivity (Wildman–Crippen MR) is 69.7 cm³/mol. The van der Waals surface area contributed by atoms with Gasteiger partial charge in [-0.1, -0.05) is 6.92 Å². The van der Waals surface area contributed by atoms with Gasteiger partial charge in [0.25, 0.3) is 0 Å². The summed E-state index contributed by atoms with van der Waals surface area (Å²) in [6.45, 7) is 8.87. The zero-order valence-electron chi connectivity index (χ0n) is 10.9. The fourth-order valence-corrected chi connectivity index (χ4v) is 3.35. The van der Waals surface area contributed by atoms with Crippen LogP contribution < -0.4 is 5.32 Å². The number of hydrogen-bond acceptors (Lipinski definition) is 2. The molecule has 16 heavy (non-hydrogen) atoms. The Balaban J connectivity index is 1.64. The SMILES string of the molecule is CCCN1CCC(CC2CCNCC2)CC1. The minimum Gasteiger partial charge on any atom is -0.317 e. The van der Waals surface area contributed by atoms with E-state index in [0.717, 1.165) is 11.8 Å². The first-order valence-electron chi connectivity index (χ1n) is 7.31. The van der Waals surface area contributed by atoms with E-state index in [4.69, 9.17) is 0 Å². The van der Waals surface area contributed by atoms with Crippen molar-refractivity contribution in [2.24, 2.45) is 11.8 Å². The highest BCUT2D eigenvalue weighted by atomic mass is 15.1. The van der Waals surface area contributed by atoms with Gasteiger partial charge in [0, 0.05) is 0 Å². The molecule has 2 aliphatic rings. The molecular weight excluding hydrogens is 196 g/mol. The van der Waals surface area contributed by atoms with Gasteiger partial charge in [-0.15, -0.1) is 0 Å². The highest BCUT2D eigenvalue weighted by Crippen LogP contribution is 2.28. The van der Waals surface area contributed by atoms with Gasteiger partial charge in [-0.25, -0.2) is 0 Å². The Morgan fingerprint density at radius 3 is 2.25 bits per heavy atom. The van der Waals surface area contributed by atoms with Crippen molar-refractivity contribution < 1.29 is 0 Å². The lowest BCUT2D eigenvalue weighted by Gasteiger charge is -2.34. The maximum absolute atomic E-state index is 3.47. The van der Waals surface area contributed by atoms with Gasteiger partial charge in [0.15, 0.2) is 0 Å². The zero-order valence-corrected chi connectivity index (χ0v) is 10.9. The highest BCUT2D eigenvalue weighted by molar-refractivity contribution is 4.77. The summed E-state index contributed by atoms with van der Waals surface area (Å²) in [6, 6.07) is 0. The number of hydrogen-bond donors (Lipinski definition) is 1. The first-order chi connectivity index (χ1) is 7.88. The molecule has 0 radical (unpaired) electrons. The van der Waals surface area contributed by atoms with E-state index in [1.54, 1.807) is 0 Å². The van der Waals surface area contributed by atoms with Crippen LogP contribution in [-0.4, -0.2) is 37.6 Å². The lowest BCUT2D eigenvalue weighted by molar-refractivity contribution is 0.160. The Morgan fingerprint density at radius 2 is 1.62 bits per heavy atom. The monoisotopic (exact) mass is 224 g/mol. The summed E-state index contributed by atoms with van der Waals surface area (Å²) in [5.41, 5.74) is 0. The Bertz CT molecular complexity index is 179. The molecule has 2 saturated heterocycles. The van der Waals surface area contributed by atoms with Crippen molar-refractivity contribution in [1.29, 1.82) is 0 Å². The van der Waals surface area contributed by atoms with Gasteiger partial charge in [-0.2, -0.15) is 0 Å². The van der Waals surface area contributed by atoms with Crippen LogP contribution in [0, 0.1) is 11.8 Å². The standard InChI is InChI=1S/C14H28N2/c1-2-9-16-10-5-14(6-11-16)12-13-3-7-15-8-4-13/h13-15H,2-12H2,1H3. The van der Waals surface area contributed by atoms with Crippen molar-refractivity contribution >= 4 is 0 Å². The Labute approximate surface area is 101 Å². The predicted octanol–water partition coefficient (Wildman–Crippen LogP) is 2.50. The van der Waals surface area contributed by atoms with Gasteiger partial charge in [0.2, 0.25) is 0 Å². The van der Waals surface area contributed by atoms with Gasteiger partial charge in [-0.05, 0) is 83.1 Å². The van der Waals surface area contributed by atoms with E-state index < -0.39 is 0 Å². The van der Waals surface area contributed by atoms with Crippen LogP contribution in [0.2, 0.25) is 0 Å². The van der Waals surface area contributed by atoms with Crippen LogP contribution in [0.4, 0.5) is 0 Å². The molecule has 2 nitrogen and oxygen atoms in total. The quantitative estimate of drug-likeness (QED) is 0.789. The third kappa shape index (κ3) is 3.74. The van der Waals surface area contributed by atoms with E-state index in [1.807, 2.05) is 0 Å². The smallest absolute Gasteiger partial charge is 0.00161 e. The number of nitrogens with zero attached hydrogens (tertiary/aromatic N) is 1. The van der Waals surface area contributed by atoms with Crippen LogP contribution in [0.25, 0.3) is 0 Å². The Morgan fingerprint density at radius 1 is 1.00 bits per heavy atom. The zero-order chi connectivity index (χ0) is 11.2. The average Bonchev–Trinajstić information content (AvgIpc) is 2.33. The van der Waals surface area contributed by atoms with Crippen molar-refractivity contribution in [2.45, 2.75) is 45.4 Å². The fourth-order valence-electron chi connectivity index (χ4n) is 3.35. The maximum Gasteiger partial charge on any atom is -0.00161 e. The van der Waals surface area contributed by atoms with E-state index in [-0.39, 0.29) is 0 Å². The number of piperidine rings is 2. The largest absolute Gasteiger partial charge is 0.317 e. The molecule has 2 heterocycles. The normalized spacial score (nSPS) is 26.1. The summed E-state index contributed by atoms with van der Waals surface area (Å²) in [4.78, 5) is 2.65. The summed E-state index contributed by atoms with van der Waals surface area (Å²) in [6.07, 6.45) is 8.61. The molecule has 0 spiro atoms. The average molecular weight is 224 g/mol. The van der Waals surface area contributed by atoms with Crippen LogP contribution in [0.3, 0.4) is 0 Å². The van der Waals surface area contributed by atoms with Gasteiger partial charge in [-0.3, -0.25) is 0 Å². The van der Waals surface area contributed by atoms with Gasteiger partial charge < -0.3 is 10.2 Å². The molecule has 0 aromatic carbocycles. The van der Waals surface area contributed by atoms with E-state index in [1.165, 1.54) is 71.2 Å². The first-order valence-corrected chi connectivity index (χ1v) is 7.31. The van der Waals surface area contributed by atoms with E-state index in [9.17, 15) is 0 Å². The lowest BCUT2D eigenvalue weighted by Crippen LogP contribution is -2.36. The van der Waals surface area contributed by atoms with Gasteiger partial charge in [0.1, 0.15) is 0 Å². The molecule has 0 unspecified atom stereocenters. The Hall–Kier alpha value is -0.0800. The molecule has 0 saturated carbocycles. The maximum atomic E-state index is 3.47. The topological polar surface area (TPSA) is 15.3 Å². The number of likely N-dealkylation sites (tertiary alicyclic amines) is 1. The molecule has 2 aliphatic heterocycles. The summed E-state index contributed by atoms with van der Waals surface area (Å²) in [5.74, 6) is 2.07. The fraction of sp³-hybridized carbons (Fsp3) is 1.00. The van der Waals surface area contributed by atoms with Crippen LogP contribution in [0.5, 0.6) is 0 Å². The molecule has 0 bridgehead atoms. The van der Waals surface area contributed by atoms with Crippen LogP contribution in [-0.2, 0) is 0 Å². The summed E-state index contributed by atoms with van der Waals surface area (Å²) >= 11 is 0. The van der Waals surface area contributed by atoms with Crippen molar-refractivity contribution in [2.75, 3.05) is 32.7 Å². The highest BCUT2D eigenvalue weighted by Gasteiger charge is 2.22. The first kappa shape index (κ1) is 12.4. The van der Waals surface area contributed by atoms with E-state index >= 15 is 0 Å². The molecular formula is C14H28N2. The van der Waals surface area contributed by atoms with Gasteiger partial charge >= 0.3 is 0 Å². The van der Waals surface area contributed by atoms with Crippen molar-refractivity contribution in [1.82, 2.24) is 10.2 Å². The van der Waals surface area contributed by atoms with Crippen molar-refractivity contribution in [3.63, 3.8) is 0 Å². The molecule has 1 N–H and O–H groups in total. The van der Waals surface area contributed by atoms with E-state index in [0.29, 0.717) is 0 Å². The third-order valence-corrected chi connectivity index (χ3v) is 4.37. The second kappa shape index (κ2) is 6.61. The van der Waals surface area contributed by atoms with Crippen molar-refractivity contribution in [3.8, 4) is 0 Å². The summed E-state index contributed by atoms with van der Waals surface area (Å²) in [7, 11) is 0. The molecule has 0 atom stereocenters. The van der Waals surface area contributed by atoms with Crippen molar-refractivity contribution in [3.05, 3.63) is 0 Å². The minimum absolute atomic E-state index is 1.03. The second-order valence-electron chi connectivity index (χ2n) is 5.71. The van der Waals surface area contributed by atoms with Gasteiger partial charge in [0.05, 0.1) is 0 Å². The number of nitrogens with one attached hydrogen (secondary N) is 1. The summed E-state index contributed by atoms with van der Waals surface area (Å²) < 4.78 is 0. The van der Waals surface area contributed by atoms with E-state index in [2.05, 4.69) is 17.1 Å². The van der Waals surface area contributed by atoms with Crippen LogP contribution >= 0.6 is 0 Å². The molecule has 0 aromatic heterocycles. The molecule has 2 fully saturated rings. The third-order valence-electron chi connectivity index (χ3n) is 4.37. The lowest BCUT2D eigenvalue weighted by atomic mass is 9.83. The summed E-state index contributed by atoms with van der Waals surface area (Å²) in [5, 5.41) is 3.47. The molecule has 94 valence electrons. The molecule has 2 heteroatoms. The molecule has 0 aromatic rings. The molecule has 0 aliphatic carbocycles.